The number of carbonyl (C=O) groups is 5. The standard InChI is InChI=1S/C44H47ClN8O6/c45-38-26-34(9-3-29(38)27-46)59-35-23-32-6-7-33(24-35)52(32)42(56)28-1-4-30(5-2-28)50-19-15-48(16-20-50)13-14-49-17-21-51(22-18-49)31-8-10-36-37(25-31)44(58)53(43(36)57)39-11-12-40(54)47-41(39)55/h1-5,8-10,25-26,32-33,35,39H,6-7,11-24H2,(H,47,54,55)/t32-,33+,35?,39?. The highest BCUT2D eigenvalue weighted by molar-refractivity contribution is 6.31. The second-order valence-electron chi connectivity index (χ2n) is 16.4. The zero-order valence-corrected chi connectivity index (χ0v) is 33.6. The van der Waals surface area contributed by atoms with E-state index in [-0.39, 0.29) is 36.9 Å². The number of nitriles is 1. The first-order chi connectivity index (χ1) is 28.6. The second kappa shape index (κ2) is 16.3. The van der Waals surface area contributed by atoms with E-state index in [9.17, 15) is 29.2 Å². The molecule has 5 saturated heterocycles. The van der Waals surface area contributed by atoms with Crippen LogP contribution in [-0.4, -0.2) is 139 Å². The molecule has 6 aliphatic rings. The average molecular weight is 819 g/mol. The number of piperazine rings is 2. The molecule has 306 valence electrons. The Balaban J connectivity index is 0.711. The molecule has 3 aromatic carbocycles. The first-order valence-corrected chi connectivity index (χ1v) is 21.1. The van der Waals surface area contributed by atoms with Gasteiger partial charge in [-0.15, -0.1) is 0 Å². The fourth-order valence-corrected chi connectivity index (χ4v) is 9.98. The average Bonchev–Trinajstić information content (AvgIpc) is 3.66. The first kappa shape index (κ1) is 39.0. The van der Waals surface area contributed by atoms with Gasteiger partial charge in [0.1, 0.15) is 24.0 Å². The maximum absolute atomic E-state index is 13.8. The summed E-state index contributed by atoms with van der Waals surface area (Å²) in [5, 5.41) is 11.8. The van der Waals surface area contributed by atoms with Gasteiger partial charge in [-0.05, 0) is 73.9 Å². The van der Waals surface area contributed by atoms with Gasteiger partial charge in [0.25, 0.3) is 17.7 Å². The summed E-state index contributed by atoms with van der Waals surface area (Å²) in [6, 6.07) is 20.0. The summed E-state index contributed by atoms with van der Waals surface area (Å²) < 4.78 is 6.27. The molecule has 0 spiro atoms. The van der Waals surface area contributed by atoms with E-state index >= 15 is 0 Å². The number of piperidine rings is 2. The maximum atomic E-state index is 13.8. The number of benzene rings is 3. The van der Waals surface area contributed by atoms with Crippen LogP contribution in [0, 0.1) is 11.3 Å². The van der Waals surface area contributed by atoms with Crippen LogP contribution in [0.1, 0.15) is 75.2 Å². The van der Waals surface area contributed by atoms with E-state index < -0.39 is 29.7 Å². The Morgan fingerprint density at radius 2 is 1.36 bits per heavy atom. The number of nitrogens with one attached hydrogen (secondary N) is 1. The Morgan fingerprint density at radius 1 is 0.746 bits per heavy atom. The van der Waals surface area contributed by atoms with Gasteiger partial charge >= 0.3 is 0 Å². The summed E-state index contributed by atoms with van der Waals surface area (Å²) in [6.45, 7) is 9.10. The predicted molar refractivity (Wildman–Crippen MR) is 220 cm³/mol. The molecule has 15 heteroatoms. The van der Waals surface area contributed by atoms with E-state index in [0.29, 0.717) is 27.5 Å². The Labute approximate surface area is 348 Å². The number of hydrogen-bond donors (Lipinski definition) is 1. The Kier molecular flexibility index (Phi) is 10.8. The van der Waals surface area contributed by atoms with Crippen molar-refractivity contribution in [3.8, 4) is 11.8 Å². The molecular weight excluding hydrogens is 772 g/mol. The van der Waals surface area contributed by atoms with Gasteiger partial charge in [-0.3, -0.25) is 44.0 Å². The number of imide groups is 2. The Bertz CT molecular complexity index is 2200. The highest BCUT2D eigenvalue weighted by Crippen LogP contribution is 2.39. The van der Waals surface area contributed by atoms with Crippen LogP contribution in [0.3, 0.4) is 0 Å². The van der Waals surface area contributed by atoms with E-state index in [1.807, 2.05) is 18.2 Å². The van der Waals surface area contributed by atoms with Crippen molar-refractivity contribution in [3.05, 3.63) is 87.9 Å². The molecule has 1 N–H and O–H groups in total. The lowest BCUT2D eigenvalue weighted by molar-refractivity contribution is -0.136. The van der Waals surface area contributed by atoms with Gasteiger partial charge in [-0.1, -0.05) is 11.6 Å². The second-order valence-corrected chi connectivity index (χ2v) is 16.9. The van der Waals surface area contributed by atoms with Crippen molar-refractivity contribution in [3.63, 3.8) is 0 Å². The molecule has 5 fully saturated rings. The van der Waals surface area contributed by atoms with Crippen molar-refractivity contribution < 1.29 is 28.7 Å². The van der Waals surface area contributed by atoms with Crippen molar-refractivity contribution in [2.75, 3.05) is 75.2 Å². The van der Waals surface area contributed by atoms with Crippen LogP contribution in [0.2, 0.25) is 5.02 Å². The summed E-state index contributed by atoms with van der Waals surface area (Å²) in [6.07, 6.45) is 3.73. The van der Waals surface area contributed by atoms with Crippen LogP contribution in [-0.2, 0) is 9.59 Å². The molecule has 9 rings (SSSR count). The number of halogens is 1. The van der Waals surface area contributed by atoms with Gasteiger partial charge in [0.15, 0.2) is 0 Å². The largest absolute Gasteiger partial charge is 0.490 e. The van der Waals surface area contributed by atoms with E-state index in [1.165, 1.54) is 0 Å². The molecule has 0 radical (unpaired) electrons. The minimum Gasteiger partial charge on any atom is -0.490 e. The third-order valence-electron chi connectivity index (χ3n) is 13.0. The van der Waals surface area contributed by atoms with Crippen molar-refractivity contribution in [2.24, 2.45) is 0 Å². The van der Waals surface area contributed by atoms with Gasteiger partial charge in [-0.25, -0.2) is 0 Å². The number of carbonyl (C=O) groups excluding carboxylic acids is 5. The fourth-order valence-electron chi connectivity index (χ4n) is 9.77. The van der Waals surface area contributed by atoms with Gasteiger partial charge in [0, 0.05) is 120 Å². The van der Waals surface area contributed by atoms with Crippen LogP contribution in [0.25, 0.3) is 0 Å². The van der Waals surface area contributed by atoms with Crippen LogP contribution in [0.4, 0.5) is 11.4 Å². The van der Waals surface area contributed by atoms with E-state index in [4.69, 9.17) is 16.3 Å². The van der Waals surface area contributed by atoms with E-state index in [2.05, 4.69) is 48.0 Å². The zero-order chi connectivity index (χ0) is 40.8. The molecule has 2 bridgehead atoms. The third-order valence-corrected chi connectivity index (χ3v) is 13.3. The van der Waals surface area contributed by atoms with Crippen molar-refractivity contribution in [1.29, 1.82) is 5.26 Å². The van der Waals surface area contributed by atoms with Gasteiger partial charge in [0.05, 0.1) is 21.7 Å². The maximum Gasteiger partial charge on any atom is 0.262 e. The van der Waals surface area contributed by atoms with Gasteiger partial charge < -0.3 is 19.4 Å². The zero-order valence-electron chi connectivity index (χ0n) is 32.9. The molecule has 6 heterocycles. The smallest absolute Gasteiger partial charge is 0.262 e. The normalized spacial score (nSPS) is 24.9. The van der Waals surface area contributed by atoms with Gasteiger partial charge in [0.2, 0.25) is 11.8 Å². The van der Waals surface area contributed by atoms with Crippen LogP contribution in [0.5, 0.6) is 5.75 Å². The predicted octanol–water partition coefficient (Wildman–Crippen LogP) is 3.77. The lowest BCUT2D eigenvalue weighted by Gasteiger charge is -2.39. The number of fused-ring (bicyclic) bond motifs is 3. The highest BCUT2D eigenvalue weighted by atomic mass is 35.5. The number of nitrogens with zero attached hydrogens (tertiary/aromatic N) is 7. The fraction of sp³-hybridized carbons (Fsp3) is 0.455. The van der Waals surface area contributed by atoms with E-state index in [0.717, 1.165) is 113 Å². The summed E-state index contributed by atoms with van der Waals surface area (Å²) in [5.41, 5.74) is 3.77. The summed E-state index contributed by atoms with van der Waals surface area (Å²) in [5.74, 6) is -1.22. The number of ether oxygens (including phenoxy) is 1. The molecule has 59 heavy (non-hydrogen) atoms. The lowest BCUT2D eigenvalue weighted by Crippen LogP contribution is -2.54. The Hall–Kier alpha value is -5.49. The molecule has 0 aliphatic carbocycles. The molecule has 2 unspecified atom stereocenters. The molecule has 6 aliphatic heterocycles. The first-order valence-electron chi connectivity index (χ1n) is 20.7. The van der Waals surface area contributed by atoms with Crippen molar-refractivity contribution in [1.82, 2.24) is 24.9 Å². The van der Waals surface area contributed by atoms with Crippen molar-refractivity contribution >= 4 is 52.5 Å². The molecule has 0 saturated carbocycles. The highest BCUT2D eigenvalue weighted by Gasteiger charge is 2.46. The quantitative estimate of drug-likeness (QED) is 0.315. The van der Waals surface area contributed by atoms with Gasteiger partial charge in [-0.2, -0.15) is 5.26 Å². The third kappa shape index (κ3) is 7.75. The number of rotatable bonds is 9. The van der Waals surface area contributed by atoms with E-state index in [1.54, 1.807) is 30.3 Å². The molecule has 4 atom stereocenters. The SMILES string of the molecule is N#Cc1ccc(OC2C[C@H]3CC[C@@H](C2)N3C(=O)c2ccc(N3CCN(CCN4CCN(c5ccc6c(c5)C(=O)N(C5CCC(=O)NC5=O)C6=O)CC4)CC3)cc2)cc1Cl. The molecule has 14 nitrogen and oxygen atoms in total. The topological polar surface area (TPSA) is 150 Å². The van der Waals surface area contributed by atoms with Crippen molar-refractivity contribution in [2.45, 2.75) is 62.8 Å². The minimum atomic E-state index is -0.971. The lowest BCUT2D eigenvalue weighted by atomic mass is 9.98. The monoisotopic (exact) mass is 818 g/mol. The summed E-state index contributed by atoms with van der Waals surface area (Å²) in [7, 11) is 0. The van der Waals surface area contributed by atoms with Crippen LogP contribution in [0.15, 0.2) is 60.7 Å². The number of hydrogen-bond acceptors (Lipinski definition) is 11. The Morgan fingerprint density at radius 3 is 1.97 bits per heavy atom. The van der Waals surface area contributed by atoms with Crippen LogP contribution < -0.4 is 19.9 Å². The molecule has 3 aromatic rings. The molecule has 0 aromatic heterocycles. The number of anilines is 2. The minimum absolute atomic E-state index is 0.000923. The van der Waals surface area contributed by atoms with Crippen LogP contribution >= 0.6 is 11.6 Å². The molecule has 5 amide bonds. The number of amides is 5. The summed E-state index contributed by atoms with van der Waals surface area (Å²) in [4.78, 5) is 77.0. The molecular formula is C44H47ClN8O6. The summed E-state index contributed by atoms with van der Waals surface area (Å²) >= 11 is 6.22.